The number of benzene rings is 2. The number of amides is 1. The van der Waals surface area contributed by atoms with Crippen LogP contribution >= 0.6 is 0 Å². The van der Waals surface area contributed by atoms with Crippen molar-refractivity contribution in [1.29, 1.82) is 0 Å². The van der Waals surface area contributed by atoms with Gasteiger partial charge in [0.05, 0.1) is 6.61 Å². The second kappa shape index (κ2) is 9.51. The maximum atomic E-state index is 12.4. The van der Waals surface area contributed by atoms with Gasteiger partial charge in [-0.25, -0.2) is 14.8 Å². The molecule has 2 aromatic carbocycles. The summed E-state index contributed by atoms with van der Waals surface area (Å²) in [6.07, 6.45) is -0.789. The summed E-state index contributed by atoms with van der Waals surface area (Å²) in [6, 6.07) is 15.1. The molecule has 0 saturated carbocycles. The molecule has 3 rings (SSSR count). The highest BCUT2D eigenvalue weighted by atomic mass is 16.7. The van der Waals surface area contributed by atoms with Crippen LogP contribution in [-0.2, 0) is 4.74 Å². The van der Waals surface area contributed by atoms with E-state index in [1.54, 1.807) is 43.3 Å². The maximum absolute atomic E-state index is 12.4. The molecule has 3 aromatic rings. The fourth-order valence-electron chi connectivity index (χ4n) is 2.57. The highest BCUT2D eigenvalue weighted by Gasteiger charge is 2.09. The smallest absolute Gasteiger partial charge is 0.434 e. The van der Waals surface area contributed by atoms with Crippen molar-refractivity contribution < 1.29 is 23.8 Å². The van der Waals surface area contributed by atoms with Crippen LogP contribution in [0.4, 0.5) is 10.5 Å². The van der Waals surface area contributed by atoms with Gasteiger partial charge in [0, 0.05) is 22.6 Å². The molecule has 8 heteroatoms. The van der Waals surface area contributed by atoms with Gasteiger partial charge < -0.3 is 19.5 Å². The van der Waals surface area contributed by atoms with E-state index in [1.165, 1.54) is 12.1 Å². The van der Waals surface area contributed by atoms with Crippen molar-refractivity contribution in [3.63, 3.8) is 0 Å². The van der Waals surface area contributed by atoms with E-state index < -0.39 is 6.16 Å². The van der Waals surface area contributed by atoms with Crippen LogP contribution in [0.5, 0.6) is 17.5 Å². The monoisotopic (exact) mass is 407 g/mol. The molecular weight excluding hydrogens is 386 g/mol. The third-order valence-electron chi connectivity index (χ3n) is 3.86. The normalized spacial score (nSPS) is 10.2. The predicted molar refractivity (Wildman–Crippen MR) is 110 cm³/mol. The number of nitrogens with zero attached hydrogens (tertiary/aromatic N) is 2. The first-order chi connectivity index (χ1) is 14.4. The van der Waals surface area contributed by atoms with Crippen LogP contribution in [0.25, 0.3) is 0 Å². The van der Waals surface area contributed by atoms with E-state index in [9.17, 15) is 9.59 Å². The zero-order valence-electron chi connectivity index (χ0n) is 16.8. The molecular formula is C22H21N3O5. The quantitative estimate of drug-likeness (QED) is 0.468. The molecule has 0 fully saturated rings. The molecule has 1 aromatic heterocycles. The molecule has 0 radical (unpaired) electrons. The van der Waals surface area contributed by atoms with Gasteiger partial charge in [0.15, 0.2) is 0 Å². The van der Waals surface area contributed by atoms with Gasteiger partial charge in [-0.15, -0.1) is 0 Å². The van der Waals surface area contributed by atoms with E-state index >= 15 is 0 Å². The topological polar surface area (TPSA) is 99.6 Å². The molecule has 0 aliphatic rings. The van der Waals surface area contributed by atoms with Crippen LogP contribution in [0.15, 0.2) is 54.6 Å². The summed E-state index contributed by atoms with van der Waals surface area (Å²) in [5.74, 6) is 0.544. The van der Waals surface area contributed by atoms with Crippen molar-refractivity contribution in [3.05, 3.63) is 71.5 Å². The maximum Gasteiger partial charge on any atom is 0.513 e. The van der Waals surface area contributed by atoms with Gasteiger partial charge in [-0.3, -0.25) is 4.79 Å². The molecule has 1 heterocycles. The summed E-state index contributed by atoms with van der Waals surface area (Å²) in [7, 11) is 0. The fraction of sp³-hybridized carbons (Fsp3) is 0.182. The lowest BCUT2D eigenvalue weighted by molar-refractivity contribution is 0.102. The minimum absolute atomic E-state index is 0.223. The Labute approximate surface area is 173 Å². The summed E-state index contributed by atoms with van der Waals surface area (Å²) in [5, 5.41) is 2.79. The predicted octanol–water partition coefficient (Wildman–Crippen LogP) is 4.67. The molecule has 1 amide bonds. The number of carbonyl (C=O) groups is 2. The average molecular weight is 407 g/mol. The van der Waals surface area contributed by atoms with E-state index in [-0.39, 0.29) is 18.5 Å². The number of aryl methyl sites for hydroxylation is 2. The number of nitrogens with one attached hydrogen (secondary N) is 1. The Hall–Kier alpha value is -3.94. The van der Waals surface area contributed by atoms with Crippen LogP contribution in [0.3, 0.4) is 0 Å². The number of carbonyl (C=O) groups excluding carboxylic acids is 2. The van der Waals surface area contributed by atoms with Crippen molar-refractivity contribution in [2.24, 2.45) is 0 Å². The molecule has 0 aliphatic carbocycles. The zero-order chi connectivity index (χ0) is 21.5. The Morgan fingerprint density at radius 1 is 0.900 bits per heavy atom. The third-order valence-corrected chi connectivity index (χ3v) is 3.86. The second-order valence-electron chi connectivity index (χ2n) is 6.32. The van der Waals surface area contributed by atoms with E-state index in [2.05, 4.69) is 15.3 Å². The van der Waals surface area contributed by atoms with Gasteiger partial charge in [0.25, 0.3) is 5.91 Å². The SMILES string of the molecule is CCOC(=O)Oc1ccc(C(=O)Nc2ccc(Oc3nc(C)cc(C)n3)cc2)cc1. The number of hydrogen-bond donors (Lipinski definition) is 1. The Kier molecular flexibility index (Phi) is 6.59. The zero-order valence-corrected chi connectivity index (χ0v) is 16.8. The minimum atomic E-state index is -0.789. The number of hydrogen-bond acceptors (Lipinski definition) is 7. The lowest BCUT2D eigenvalue weighted by Crippen LogP contribution is -2.12. The van der Waals surface area contributed by atoms with Gasteiger partial charge in [-0.2, -0.15) is 0 Å². The standard InChI is InChI=1S/C22H21N3O5/c1-4-28-22(27)30-19-9-5-16(6-10-19)20(26)25-17-7-11-18(12-8-17)29-21-23-14(2)13-15(3)24-21/h5-13H,4H2,1-3H3,(H,25,26). The number of aromatic nitrogens is 2. The summed E-state index contributed by atoms with van der Waals surface area (Å²) >= 11 is 0. The van der Waals surface area contributed by atoms with Crippen LogP contribution in [0.1, 0.15) is 28.7 Å². The summed E-state index contributed by atoms with van der Waals surface area (Å²) < 4.78 is 15.3. The highest BCUT2D eigenvalue weighted by molar-refractivity contribution is 6.04. The van der Waals surface area contributed by atoms with Gasteiger partial charge in [-0.05, 0) is 75.4 Å². The van der Waals surface area contributed by atoms with E-state index in [1.807, 2.05) is 19.9 Å². The van der Waals surface area contributed by atoms with Gasteiger partial charge in [-0.1, -0.05) is 0 Å². The molecule has 8 nitrogen and oxygen atoms in total. The van der Waals surface area contributed by atoms with Crippen LogP contribution in [0, 0.1) is 13.8 Å². The molecule has 0 unspecified atom stereocenters. The number of rotatable bonds is 6. The molecule has 0 atom stereocenters. The molecule has 1 N–H and O–H groups in total. The second-order valence-corrected chi connectivity index (χ2v) is 6.32. The lowest BCUT2D eigenvalue weighted by Gasteiger charge is -2.09. The first kappa shape index (κ1) is 20.8. The third kappa shape index (κ3) is 5.78. The molecule has 0 saturated heterocycles. The molecule has 0 bridgehead atoms. The van der Waals surface area contributed by atoms with E-state index in [0.717, 1.165) is 11.4 Å². The first-order valence-electron chi connectivity index (χ1n) is 9.29. The fourth-order valence-corrected chi connectivity index (χ4v) is 2.57. The van der Waals surface area contributed by atoms with Crippen molar-refractivity contribution in [1.82, 2.24) is 9.97 Å². The summed E-state index contributed by atoms with van der Waals surface area (Å²) in [5.41, 5.74) is 2.65. The van der Waals surface area contributed by atoms with Gasteiger partial charge >= 0.3 is 12.2 Å². The van der Waals surface area contributed by atoms with Gasteiger partial charge in [0.1, 0.15) is 11.5 Å². The summed E-state index contributed by atoms with van der Waals surface area (Å²) in [6.45, 7) is 5.65. The first-order valence-corrected chi connectivity index (χ1v) is 9.29. The Bertz CT molecular complexity index is 1010. The van der Waals surface area contributed by atoms with Crippen molar-refractivity contribution in [2.45, 2.75) is 20.8 Å². The van der Waals surface area contributed by atoms with E-state index in [0.29, 0.717) is 22.7 Å². The Balaban J connectivity index is 1.59. The molecule has 154 valence electrons. The van der Waals surface area contributed by atoms with Crippen LogP contribution in [-0.4, -0.2) is 28.6 Å². The van der Waals surface area contributed by atoms with Crippen molar-refractivity contribution in [3.8, 4) is 17.5 Å². The molecule has 0 spiro atoms. The van der Waals surface area contributed by atoms with Gasteiger partial charge in [0.2, 0.25) is 0 Å². The number of ether oxygens (including phenoxy) is 3. The van der Waals surface area contributed by atoms with Crippen LogP contribution in [0.2, 0.25) is 0 Å². The Morgan fingerprint density at radius 3 is 2.10 bits per heavy atom. The largest absolute Gasteiger partial charge is 0.513 e. The molecule has 0 aliphatic heterocycles. The Morgan fingerprint density at radius 2 is 1.50 bits per heavy atom. The average Bonchev–Trinajstić information content (AvgIpc) is 2.69. The van der Waals surface area contributed by atoms with E-state index in [4.69, 9.17) is 14.2 Å². The number of anilines is 1. The highest BCUT2D eigenvalue weighted by Crippen LogP contribution is 2.21. The van der Waals surface area contributed by atoms with Crippen LogP contribution < -0.4 is 14.8 Å². The van der Waals surface area contributed by atoms with Crippen molar-refractivity contribution in [2.75, 3.05) is 11.9 Å². The summed E-state index contributed by atoms with van der Waals surface area (Å²) in [4.78, 5) is 32.2. The van der Waals surface area contributed by atoms with Crippen molar-refractivity contribution >= 4 is 17.7 Å². The lowest BCUT2D eigenvalue weighted by atomic mass is 10.2. The minimum Gasteiger partial charge on any atom is -0.434 e. The molecule has 30 heavy (non-hydrogen) atoms.